The number of hydrogen-bond donors (Lipinski definition) is 3. The zero-order valence-corrected chi connectivity index (χ0v) is 25.5. The Balaban J connectivity index is 1.28. The van der Waals surface area contributed by atoms with Crippen molar-refractivity contribution in [1.82, 2.24) is 10.3 Å². The van der Waals surface area contributed by atoms with Crippen LogP contribution < -0.4 is 5.32 Å². The van der Waals surface area contributed by atoms with Crippen molar-refractivity contribution in [3.05, 3.63) is 53.3 Å². The summed E-state index contributed by atoms with van der Waals surface area (Å²) in [6.07, 6.45) is 14.9. The first kappa shape index (κ1) is 30.1. The van der Waals surface area contributed by atoms with Gasteiger partial charge in [-0.2, -0.15) is 0 Å². The predicted molar refractivity (Wildman–Crippen MR) is 159 cm³/mol. The van der Waals surface area contributed by atoms with Gasteiger partial charge < -0.3 is 24.7 Å². The molecular formula is C34H50N2O5. The van der Waals surface area contributed by atoms with Crippen molar-refractivity contribution < 1.29 is 24.2 Å². The third kappa shape index (κ3) is 6.08. The maximum atomic E-state index is 12.5. The molecule has 5 rings (SSSR count). The first-order valence-corrected chi connectivity index (χ1v) is 15.9. The van der Waals surface area contributed by atoms with E-state index >= 15 is 0 Å². The SMILES string of the molecule is C=C1C(=CC=C2CCC[C@]3(C)[C@@H]([C@H](C)CC[C@@H](OC(=O)NCC)C4(c5nc(C)co5)CC4)CC[C@@H]23)C[C@@H](O)C[C@@H]1O. The van der Waals surface area contributed by atoms with Crippen LogP contribution in [0.5, 0.6) is 0 Å². The highest BCUT2D eigenvalue weighted by Gasteiger charge is 2.57. The Morgan fingerprint density at radius 3 is 2.73 bits per heavy atom. The van der Waals surface area contributed by atoms with Crippen LogP contribution in [0, 0.1) is 30.1 Å². The van der Waals surface area contributed by atoms with E-state index in [4.69, 9.17) is 9.15 Å². The molecular weight excluding hydrogens is 516 g/mol. The minimum Gasteiger partial charge on any atom is -0.448 e. The third-order valence-electron chi connectivity index (χ3n) is 10.9. The average Bonchev–Trinajstić information content (AvgIpc) is 3.48. The Hall–Kier alpha value is -2.38. The molecule has 3 N–H and O–H groups in total. The van der Waals surface area contributed by atoms with Gasteiger partial charge in [-0.25, -0.2) is 9.78 Å². The van der Waals surface area contributed by atoms with Gasteiger partial charge in [-0.15, -0.1) is 0 Å². The van der Waals surface area contributed by atoms with Gasteiger partial charge >= 0.3 is 6.09 Å². The molecule has 226 valence electrons. The Kier molecular flexibility index (Phi) is 8.87. The van der Waals surface area contributed by atoms with E-state index in [1.165, 1.54) is 31.3 Å². The number of alkyl carbamates (subject to hydrolysis) is 1. The molecule has 7 heteroatoms. The number of carbonyl (C=O) groups excluding carboxylic acids is 1. The molecule has 4 aliphatic rings. The number of aliphatic hydroxyl groups excluding tert-OH is 2. The first-order valence-electron chi connectivity index (χ1n) is 15.9. The molecule has 1 amide bonds. The number of rotatable bonds is 9. The van der Waals surface area contributed by atoms with Crippen molar-refractivity contribution in [2.24, 2.45) is 23.2 Å². The number of ether oxygens (including phenoxy) is 1. The zero-order valence-electron chi connectivity index (χ0n) is 25.5. The lowest BCUT2D eigenvalue weighted by molar-refractivity contribution is 0.0474. The molecule has 0 bridgehead atoms. The normalized spacial score (nSPS) is 34.3. The van der Waals surface area contributed by atoms with Gasteiger partial charge in [0.2, 0.25) is 5.89 Å². The van der Waals surface area contributed by atoms with Crippen LogP contribution in [0.2, 0.25) is 0 Å². The van der Waals surface area contributed by atoms with E-state index < -0.39 is 12.2 Å². The number of hydrogen-bond acceptors (Lipinski definition) is 6. The van der Waals surface area contributed by atoms with E-state index in [0.717, 1.165) is 48.9 Å². The van der Waals surface area contributed by atoms with Crippen LogP contribution in [0.1, 0.15) is 103 Å². The second-order valence-electron chi connectivity index (χ2n) is 13.6. The molecule has 4 aliphatic carbocycles. The van der Waals surface area contributed by atoms with Crippen LogP contribution in [0.15, 0.2) is 46.1 Å². The summed E-state index contributed by atoms with van der Waals surface area (Å²) >= 11 is 0. The van der Waals surface area contributed by atoms with Crippen LogP contribution in [0.25, 0.3) is 0 Å². The molecule has 0 aromatic carbocycles. The second-order valence-corrected chi connectivity index (χ2v) is 13.6. The van der Waals surface area contributed by atoms with Crippen LogP contribution in [0.3, 0.4) is 0 Å². The Morgan fingerprint density at radius 1 is 1.27 bits per heavy atom. The lowest BCUT2D eigenvalue weighted by Gasteiger charge is -2.44. The summed E-state index contributed by atoms with van der Waals surface area (Å²) in [5, 5.41) is 23.2. The van der Waals surface area contributed by atoms with E-state index in [0.29, 0.717) is 43.0 Å². The van der Waals surface area contributed by atoms with E-state index in [9.17, 15) is 15.0 Å². The number of amides is 1. The molecule has 1 aromatic rings. The lowest BCUT2D eigenvalue weighted by Crippen LogP contribution is -2.38. The van der Waals surface area contributed by atoms with Crippen LogP contribution in [-0.4, -0.2) is 46.1 Å². The minimum absolute atomic E-state index is 0.248. The fraction of sp³-hybridized carbons (Fsp3) is 0.706. The maximum absolute atomic E-state index is 12.5. The standard InChI is InChI=1S/C34H50N2O5/c1-6-35-32(39)41-30(34(16-17-34)31-36-22(3)20-40-31)14-9-21(2)27-12-13-28-24(8-7-15-33(27,28)5)10-11-25-18-26(37)19-29(38)23(25)4/h10-11,20-21,26-30,37-38H,4,6-9,12-19H2,1-3,5H3,(H,35,39)/t21-,26-,27-,28+,29+,30-,33-/m1/s1. The summed E-state index contributed by atoms with van der Waals surface area (Å²) in [6.45, 7) is 13.4. The predicted octanol–water partition coefficient (Wildman–Crippen LogP) is 6.69. The van der Waals surface area contributed by atoms with Gasteiger partial charge in [0.15, 0.2) is 0 Å². The molecule has 0 aliphatic heterocycles. The monoisotopic (exact) mass is 566 g/mol. The quantitative estimate of drug-likeness (QED) is 0.308. The van der Waals surface area contributed by atoms with Crippen molar-refractivity contribution in [1.29, 1.82) is 0 Å². The van der Waals surface area contributed by atoms with Crippen molar-refractivity contribution in [2.75, 3.05) is 6.54 Å². The van der Waals surface area contributed by atoms with Crippen LogP contribution in [-0.2, 0) is 10.2 Å². The summed E-state index contributed by atoms with van der Waals surface area (Å²) in [7, 11) is 0. The Bertz CT molecular complexity index is 1180. The number of nitrogens with zero attached hydrogens (tertiary/aromatic N) is 1. The van der Waals surface area contributed by atoms with E-state index in [1.54, 1.807) is 6.26 Å². The molecule has 1 heterocycles. The highest BCUT2D eigenvalue weighted by atomic mass is 16.6. The topological polar surface area (TPSA) is 105 Å². The highest BCUT2D eigenvalue weighted by Crippen LogP contribution is 2.60. The molecule has 4 fully saturated rings. The van der Waals surface area contributed by atoms with Gasteiger partial charge in [0.1, 0.15) is 12.4 Å². The van der Waals surface area contributed by atoms with Gasteiger partial charge in [-0.05, 0) is 112 Å². The molecule has 7 atom stereocenters. The lowest BCUT2D eigenvalue weighted by atomic mass is 9.60. The number of aryl methyl sites for hydroxylation is 1. The van der Waals surface area contributed by atoms with E-state index in [2.05, 4.69) is 42.9 Å². The second kappa shape index (κ2) is 12.1. The first-order chi connectivity index (χ1) is 19.6. The number of allylic oxidation sites excluding steroid dienone is 3. The third-order valence-corrected chi connectivity index (χ3v) is 10.9. The van der Waals surface area contributed by atoms with Crippen LogP contribution in [0.4, 0.5) is 4.79 Å². The average molecular weight is 567 g/mol. The Labute approximate surface area is 245 Å². The van der Waals surface area contributed by atoms with Crippen molar-refractivity contribution >= 4 is 6.09 Å². The molecule has 0 saturated heterocycles. The van der Waals surface area contributed by atoms with Gasteiger partial charge in [-0.3, -0.25) is 0 Å². The number of aromatic nitrogens is 1. The number of fused-ring (bicyclic) bond motifs is 1. The number of oxazole rings is 1. The van der Waals surface area contributed by atoms with Crippen molar-refractivity contribution in [2.45, 2.75) is 122 Å². The molecule has 1 aromatic heterocycles. The smallest absolute Gasteiger partial charge is 0.407 e. The summed E-state index contributed by atoms with van der Waals surface area (Å²) in [6, 6.07) is 0. The largest absolute Gasteiger partial charge is 0.448 e. The molecule has 0 unspecified atom stereocenters. The van der Waals surface area contributed by atoms with Crippen molar-refractivity contribution in [3.8, 4) is 0 Å². The zero-order chi connectivity index (χ0) is 29.4. The number of aliphatic hydroxyl groups is 2. The molecule has 7 nitrogen and oxygen atoms in total. The van der Waals surface area contributed by atoms with E-state index in [1.807, 2.05) is 13.8 Å². The van der Waals surface area contributed by atoms with Crippen LogP contribution >= 0.6 is 0 Å². The Morgan fingerprint density at radius 2 is 2.05 bits per heavy atom. The van der Waals surface area contributed by atoms with Gasteiger partial charge in [0.05, 0.1) is 23.3 Å². The summed E-state index contributed by atoms with van der Waals surface area (Å²) in [5.41, 5.74) is 4.04. The molecule has 4 saturated carbocycles. The maximum Gasteiger partial charge on any atom is 0.407 e. The number of nitrogens with one attached hydrogen (secondary N) is 1. The molecule has 0 spiro atoms. The number of carbonyl (C=O) groups is 1. The fourth-order valence-electron chi connectivity index (χ4n) is 8.45. The van der Waals surface area contributed by atoms with Crippen molar-refractivity contribution in [3.63, 3.8) is 0 Å². The van der Waals surface area contributed by atoms with Gasteiger partial charge in [0.25, 0.3) is 0 Å². The highest BCUT2D eigenvalue weighted by molar-refractivity contribution is 5.67. The molecule has 41 heavy (non-hydrogen) atoms. The minimum atomic E-state index is -0.653. The summed E-state index contributed by atoms with van der Waals surface area (Å²) < 4.78 is 11.9. The van der Waals surface area contributed by atoms with Gasteiger partial charge in [0, 0.05) is 13.0 Å². The van der Waals surface area contributed by atoms with E-state index in [-0.39, 0.29) is 23.0 Å². The summed E-state index contributed by atoms with van der Waals surface area (Å²) in [5.74, 6) is 2.39. The van der Waals surface area contributed by atoms with Gasteiger partial charge in [-0.1, -0.05) is 38.2 Å². The molecule has 0 radical (unpaired) electrons. The fourth-order valence-corrected chi connectivity index (χ4v) is 8.45. The summed E-state index contributed by atoms with van der Waals surface area (Å²) in [4.78, 5) is 17.2.